The maximum Gasteiger partial charge on any atom is 0.323 e. The first kappa shape index (κ1) is 9.52. The zero-order chi connectivity index (χ0) is 9.19. The van der Waals surface area contributed by atoms with Gasteiger partial charge in [-0.15, -0.1) is 0 Å². The van der Waals surface area contributed by atoms with Gasteiger partial charge in [-0.1, -0.05) is 12.8 Å². The van der Waals surface area contributed by atoms with Gasteiger partial charge in [-0.05, 0) is 32.7 Å². The third kappa shape index (κ3) is 2.81. The van der Waals surface area contributed by atoms with Gasteiger partial charge in [0.05, 0.1) is 0 Å². The van der Waals surface area contributed by atoms with Crippen molar-refractivity contribution in [2.45, 2.75) is 38.6 Å². The molecule has 70 valence electrons. The first-order valence-corrected chi connectivity index (χ1v) is 4.51. The highest BCUT2D eigenvalue weighted by Crippen LogP contribution is 2.31. The molecule has 0 saturated heterocycles. The standard InChI is InChI=1S/C9H17NO2/c1-9(2,8(11)12)10-6-5-7-3-4-7/h7,10H,3-6H2,1-2H3,(H,11,12). The molecule has 1 aliphatic rings. The Bertz CT molecular complexity index is 173. The molecule has 2 N–H and O–H groups in total. The Hall–Kier alpha value is -0.570. The molecule has 0 atom stereocenters. The summed E-state index contributed by atoms with van der Waals surface area (Å²) in [5.74, 6) is 0.0837. The Morgan fingerprint density at radius 2 is 2.17 bits per heavy atom. The van der Waals surface area contributed by atoms with Crippen LogP contribution in [0.2, 0.25) is 0 Å². The van der Waals surface area contributed by atoms with Crippen molar-refractivity contribution in [2.24, 2.45) is 5.92 Å². The summed E-state index contributed by atoms with van der Waals surface area (Å²) in [6.45, 7) is 4.22. The largest absolute Gasteiger partial charge is 0.480 e. The topological polar surface area (TPSA) is 49.3 Å². The van der Waals surface area contributed by atoms with Crippen molar-refractivity contribution in [3.05, 3.63) is 0 Å². The number of aliphatic carboxylic acids is 1. The first-order chi connectivity index (χ1) is 5.52. The van der Waals surface area contributed by atoms with Crippen molar-refractivity contribution in [3.63, 3.8) is 0 Å². The number of carbonyl (C=O) groups is 1. The fraction of sp³-hybridized carbons (Fsp3) is 0.889. The molecule has 1 rings (SSSR count). The molecule has 0 bridgehead atoms. The summed E-state index contributed by atoms with van der Waals surface area (Å²) in [6.07, 6.45) is 3.78. The molecule has 1 saturated carbocycles. The molecule has 0 spiro atoms. The van der Waals surface area contributed by atoms with E-state index in [0.717, 1.165) is 18.9 Å². The van der Waals surface area contributed by atoms with Gasteiger partial charge >= 0.3 is 5.97 Å². The van der Waals surface area contributed by atoms with E-state index in [1.807, 2.05) is 0 Å². The van der Waals surface area contributed by atoms with Crippen molar-refractivity contribution in [3.8, 4) is 0 Å². The van der Waals surface area contributed by atoms with Crippen molar-refractivity contribution in [1.82, 2.24) is 5.32 Å². The van der Waals surface area contributed by atoms with Crippen LogP contribution in [-0.4, -0.2) is 23.2 Å². The van der Waals surface area contributed by atoms with Crippen molar-refractivity contribution >= 4 is 5.97 Å². The van der Waals surface area contributed by atoms with Gasteiger partial charge in [-0.2, -0.15) is 0 Å². The summed E-state index contributed by atoms with van der Waals surface area (Å²) >= 11 is 0. The van der Waals surface area contributed by atoms with Crippen LogP contribution in [0, 0.1) is 5.92 Å². The van der Waals surface area contributed by atoms with E-state index in [1.165, 1.54) is 12.8 Å². The van der Waals surface area contributed by atoms with Crippen LogP contribution < -0.4 is 5.32 Å². The predicted octanol–water partition coefficient (Wildman–Crippen LogP) is 1.24. The molecule has 0 aromatic carbocycles. The second-order valence-electron chi connectivity index (χ2n) is 4.09. The lowest BCUT2D eigenvalue weighted by atomic mass is 10.1. The number of carboxylic acid groups (broad SMARTS) is 1. The number of rotatable bonds is 5. The summed E-state index contributed by atoms with van der Waals surface area (Å²) in [5, 5.41) is 11.8. The van der Waals surface area contributed by atoms with Crippen LogP contribution in [0.5, 0.6) is 0 Å². The van der Waals surface area contributed by atoms with Gasteiger partial charge in [0.2, 0.25) is 0 Å². The lowest BCUT2D eigenvalue weighted by Gasteiger charge is -2.20. The summed E-state index contributed by atoms with van der Waals surface area (Å²) in [5.41, 5.74) is -0.769. The highest BCUT2D eigenvalue weighted by molar-refractivity contribution is 5.77. The lowest BCUT2D eigenvalue weighted by Crippen LogP contribution is -2.47. The van der Waals surface area contributed by atoms with E-state index in [1.54, 1.807) is 13.8 Å². The molecule has 3 nitrogen and oxygen atoms in total. The van der Waals surface area contributed by atoms with Gasteiger partial charge in [0.15, 0.2) is 0 Å². The van der Waals surface area contributed by atoms with Crippen LogP contribution in [-0.2, 0) is 4.79 Å². The van der Waals surface area contributed by atoms with E-state index in [2.05, 4.69) is 5.32 Å². The Morgan fingerprint density at radius 1 is 1.58 bits per heavy atom. The summed E-state index contributed by atoms with van der Waals surface area (Å²) in [4.78, 5) is 10.6. The minimum Gasteiger partial charge on any atom is -0.480 e. The Labute approximate surface area is 73.2 Å². The predicted molar refractivity (Wildman–Crippen MR) is 47.1 cm³/mol. The van der Waals surface area contributed by atoms with Crippen molar-refractivity contribution in [1.29, 1.82) is 0 Å². The maximum atomic E-state index is 10.6. The Kier molecular flexibility index (Phi) is 2.73. The molecule has 0 aromatic heterocycles. The van der Waals surface area contributed by atoms with Crippen LogP contribution in [0.1, 0.15) is 33.1 Å². The van der Waals surface area contributed by atoms with E-state index in [4.69, 9.17) is 5.11 Å². The zero-order valence-electron chi connectivity index (χ0n) is 7.76. The van der Waals surface area contributed by atoms with E-state index < -0.39 is 11.5 Å². The minimum atomic E-state index is -0.779. The van der Waals surface area contributed by atoms with Gasteiger partial charge in [0.25, 0.3) is 0 Å². The van der Waals surface area contributed by atoms with Crippen LogP contribution >= 0.6 is 0 Å². The van der Waals surface area contributed by atoms with E-state index in [-0.39, 0.29) is 0 Å². The highest BCUT2D eigenvalue weighted by atomic mass is 16.4. The molecule has 1 fully saturated rings. The SMILES string of the molecule is CC(C)(NCCC1CC1)C(=O)O. The summed E-state index contributed by atoms with van der Waals surface area (Å²) in [6, 6.07) is 0. The normalized spacial score (nSPS) is 17.8. The van der Waals surface area contributed by atoms with Gasteiger partial charge in [0.1, 0.15) is 5.54 Å². The summed E-state index contributed by atoms with van der Waals surface area (Å²) in [7, 11) is 0. The number of nitrogens with one attached hydrogen (secondary N) is 1. The van der Waals surface area contributed by atoms with Gasteiger partial charge in [0, 0.05) is 0 Å². The van der Waals surface area contributed by atoms with Crippen LogP contribution in [0.3, 0.4) is 0 Å². The number of carboxylic acids is 1. The molecule has 0 aliphatic heterocycles. The molecular formula is C9H17NO2. The molecule has 0 heterocycles. The third-order valence-corrected chi connectivity index (χ3v) is 2.35. The average molecular weight is 171 g/mol. The minimum absolute atomic E-state index is 0.769. The number of hydrogen-bond donors (Lipinski definition) is 2. The molecular weight excluding hydrogens is 154 g/mol. The number of hydrogen-bond acceptors (Lipinski definition) is 2. The molecule has 0 aromatic rings. The van der Waals surface area contributed by atoms with E-state index in [9.17, 15) is 4.79 Å². The molecule has 0 amide bonds. The van der Waals surface area contributed by atoms with Gasteiger partial charge in [-0.3, -0.25) is 4.79 Å². The lowest BCUT2D eigenvalue weighted by molar-refractivity contribution is -0.143. The Balaban J connectivity index is 2.14. The molecule has 1 aliphatic carbocycles. The molecule has 12 heavy (non-hydrogen) atoms. The second kappa shape index (κ2) is 3.44. The fourth-order valence-electron chi connectivity index (χ4n) is 1.07. The molecule has 0 unspecified atom stereocenters. The Morgan fingerprint density at radius 3 is 2.58 bits per heavy atom. The van der Waals surface area contributed by atoms with Crippen molar-refractivity contribution < 1.29 is 9.90 Å². The van der Waals surface area contributed by atoms with Crippen LogP contribution in [0.4, 0.5) is 0 Å². The zero-order valence-corrected chi connectivity index (χ0v) is 7.76. The second-order valence-corrected chi connectivity index (χ2v) is 4.09. The average Bonchev–Trinajstić information content (AvgIpc) is 2.70. The van der Waals surface area contributed by atoms with Crippen molar-refractivity contribution in [2.75, 3.05) is 6.54 Å². The quantitative estimate of drug-likeness (QED) is 0.654. The van der Waals surface area contributed by atoms with Crippen LogP contribution in [0.15, 0.2) is 0 Å². The first-order valence-electron chi connectivity index (χ1n) is 4.51. The van der Waals surface area contributed by atoms with Crippen LogP contribution in [0.25, 0.3) is 0 Å². The van der Waals surface area contributed by atoms with Gasteiger partial charge in [-0.25, -0.2) is 0 Å². The monoisotopic (exact) mass is 171 g/mol. The van der Waals surface area contributed by atoms with E-state index >= 15 is 0 Å². The molecule has 3 heteroatoms. The fourth-order valence-corrected chi connectivity index (χ4v) is 1.07. The maximum absolute atomic E-state index is 10.6. The third-order valence-electron chi connectivity index (χ3n) is 2.35. The highest BCUT2D eigenvalue weighted by Gasteiger charge is 2.27. The molecule has 0 radical (unpaired) electrons. The van der Waals surface area contributed by atoms with E-state index in [0.29, 0.717) is 0 Å². The summed E-state index contributed by atoms with van der Waals surface area (Å²) < 4.78 is 0. The smallest absolute Gasteiger partial charge is 0.323 e. The van der Waals surface area contributed by atoms with Gasteiger partial charge < -0.3 is 10.4 Å².